The quantitative estimate of drug-likeness (QED) is 0.381. The van der Waals surface area contributed by atoms with E-state index in [1.54, 1.807) is 7.11 Å². The van der Waals surface area contributed by atoms with Crippen molar-refractivity contribution in [2.75, 3.05) is 25.1 Å². The van der Waals surface area contributed by atoms with E-state index in [0.29, 0.717) is 18.2 Å². The number of aromatic nitrogens is 2. The standard InChI is InChI=1S/C18H18ClN3O2/c1-23-17-8-4-5-13(18(17)22-24-12-11-19)9-10-16-14-6-2-3-7-15(14)20-21-16/h2-10,22H,11-12H2,1H3,(H,20,21). The van der Waals surface area contributed by atoms with Gasteiger partial charge in [-0.2, -0.15) is 5.10 Å². The van der Waals surface area contributed by atoms with E-state index in [-0.39, 0.29) is 0 Å². The second kappa shape index (κ2) is 7.86. The molecule has 3 aromatic rings. The van der Waals surface area contributed by atoms with Gasteiger partial charge in [-0.1, -0.05) is 36.4 Å². The van der Waals surface area contributed by atoms with Gasteiger partial charge in [0.15, 0.2) is 0 Å². The molecule has 0 amide bonds. The van der Waals surface area contributed by atoms with Gasteiger partial charge < -0.3 is 4.74 Å². The third-order valence-corrected chi connectivity index (χ3v) is 3.71. The van der Waals surface area contributed by atoms with Gasteiger partial charge in [-0.05, 0) is 18.2 Å². The van der Waals surface area contributed by atoms with Crippen LogP contribution in [0.4, 0.5) is 5.69 Å². The molecule has 6 heteroatoms. The molecule has 124 valence electrons. The number of nitrogens with one attached hydrogen (secondary N) is 2. The molecule has 0 fully saturated rings. The lowest BCUT2D eigenvalue weighted by Gasteiger charge is -2.13. The third kappa shape index (κ3) is 3.53. The minimum atomic E-state index is 0.396. The topological polar surface area (TPSA) is 59.2 Å². The molecule has 0 aliphatic carbocycles. The van der Waals surface area contributed by atoms with Crippen LogP contribution in [-0.4, -0.2) is 29.8 Å². The van der Waals surface area contributed by atoms with Gasteiger partial charge in [0.2, 0.25) is 0 Å². The summed E-state index contributed by atoms with van der Waals surface area (Å²) in [6, 6.07) is 13.8. The average Bonchev–Trinajstić information content (AvgIpc) is 3.04. The van der Waals surface area contributed by atoms with Crippen LogP contribution in [0.5, 0.6) is 5.75 Å². The second-order valence-corrected chi connectivity index (χ2v) is 5.43. The Labute approximate surface area is 145 Å². The zero-order valence-corrected chi connectivity index (χ0v) is 14.0. The van der Waals surface area contributed by atoms with E-state index >= 15 is 0 Å². The Kier molecular flexibility index (Phi) is 5.36. The van der Waals surface area contributed by atoms with E-state index < -0.39 is 0 Å². The van der Waals surface area contributed by atoms with Crippen molar-refractivity contribution in [1.29, 1.82) is 0 Å². The molecule has 0 spiro atoms. The first-order valence-corrected chi connectivity index (χ1v) is 8.09. The fraction of sp³-hybridized carbons (Fsp3) is 0.167. The molecule has 24 heavy (non-hydrogen) atoms. The maximum atomic E-state index is 5.64. The largest absolute Gasteiger partial charge is 0.494 e. The molecule has 0 bridgehead atoms. The molecule has 1 aromatic heterocycles. The Bertz CT molecular complexity index is 845. The number of para-hydroxylation sites is 2. The van der Waals surface area contributed by atoms with Crippen LogP contribution in [0, 0.1) is 0 Å². The van der Waals surface area contributed by atoms with Crippen molar-refractivity contribution in [3.05, 3.63) is 53.7 Å². The minimum Gasteiger partial charge on any atom is -0.494 e. The van der Waals surface area contributed by atoms with Crippen LogP contribution in [0.1, 0.15) is 11.3 Å². The highest BCUT2D eigenvalue weighted by molar-refractivity contribution is 6.17. The number of rotatable bonds is 7. The number of anilines is 1. The number of ether oxygens (including phenoxy) is 1. The fourth-order valence-electron chi connectivity index (χ4n) is 2.41. The van der Waals surface area contributed by atoms with Crippen LogP contribution in [0.15, 0.2) is 42.5 Å². The molecule has 0 radical (unpaired) electrons. The van der Waals surface area contributed by atoms with E-state index in [1.165, 1.54) is 0 Å². The summed E-state index contributed by atoms with van der Waals surface area (Å²) in [5, 5.41) is 8.44. The fourth-order valence-corrected chi connectivity index (χ4v) is 2.49. The average molecular weight is 344 g/mol. The highest BCUT2D eigenvalue weighted by atomic mass is 35.5. The normalized spacial score (nSPS) is 11.2. The Morgan fingerprint density at radius 3 is 2.88 bits per heavy atom. The Morgan fingerprint density at radius 1 is 1.17 bits per heavy atom. The Balaban J connectivity index is 1.91. The summed E-state index contributed by atoms with van der Waals surface area (Å²) in [4.78, 5) is 5.34. The van der Waals surface area contributed by atoms with E-state index in [1.807, 2.05) is 54.6 Å². The molecule has 5 nitrogen and oxygen atoms in total. The Hall–Kier alpha value is -2.50. The predicted octanol–water partition coefficient (Wildman–Crippen LogP) is 4.32. The number of aromatic amines is 1. The first-order chi connectivity index (χ1) is 11.8. The molecule has 0 atom stereocenters. The summed E-state index contributed by atoms with van der Waals surface area (Å²) in [6.45, 7) is 0.396. The lowest BCUT2D eigenvalue weighted by atomic mass is 10.1. The number of nitrogens with zero attached hydrogens (tertiary/aromatic N) is 1. The van der Waals surface area contributed by atoms with Crippen molar-refractivity contribution in [2.24, 2.45) is 0 Å². The number of alkyl halides is 1. The molecule has 0 unspecified atom stereocenters. The molecule has 0 aliphatic heterocycles. The number of benzene rings is 2. The van der Waals surface area contributed by atoms with Gasteiger partial charge >= 0.3 is 0 Å². The second-order valence-electron chi connectivity index (χ2n) is 5.05. The summed E-state index contributed by atoms with van der Waals surface area (Å²) < 4.78 is 5.39. The summed E-state index contributed by atoms with van der Waals surface area (Å²) in [5.41, 5.74) is 6.47. The number of hydrogen-bond acceptors (Lipinski definition) is 4. The number of H-pyrrole nitrogens is 1. The van der Waals surface area contributed by atoms with Crippen LogP contribution < -0.4 is 10.2 Å². The van der Waals surface area contributed by atoms with Gasteiger partial charge in [0, 0.05) is 16.8 Å². The zero-order valence-electron chi connectivity index (χ0n) is 13.3. The van der Waals surface area contributed by atoms with Crippen molar-refractivity contribution < 1.29 is 9.57 Å². The number of methoxy groups -OCH3 is 1. The summed E-state index contributed by atoms with van der Waals surface area (Å²) in [5.74, 6) is 1.10. The first-order valence-electron chi connectivity index (χ1n) is 7.55. The monoisotopic (exact) mass is 343 g/mol. The predicted molar refractivity (Wildman–Crippen MR) is 98.3 cm³/mol. The number of hydrogen-bond donors (Lipinski definition) is 2. The lowest BCUT2D eigenvalue weighted by Crippen LogP contribution is -2.06. The van der Waals surface area contributed by atoms with Gasteiger partial charge in [0.25, 0.3) is 0 Å². The van der Waals surface area contributed by atoms with Gasteiger partial charge in [0.05, 0.1) is 24.9 Å². The molecule has 3 rings (SSSR count). The van der Waals surface area contributed by atoms with E-state index in [9.17, 15) is 0 Å². The maximum Gasteiger partial charge on any atom is 0.144 e. The van der Waals surface area contributed by atoms with Gasteiger partial charge in [-0.25, -0.2) is 0 Å². The molecule has 2 N–H and O–H groups in total. The molecular weight excluding hydrogens is 326 g/mol. The molecule has 1 heterocycles. The van der Waals surface area contributed by atoms with Crippen LogP contribution >= 0.6 is 11.6 Å². The molecule has 0 saturated carbocycles. The van der Waals surface area contributed by atoms with Crippen LogP contribution in [0.2, 0.25) is 0 Å². The van der Waals surface area contributed by atoms with E-state index in [4.69, 9.17) is 21.2 Å². The summed E-state index contributed by atoms with van der Waals surface area (Å²) in [6.07, 6.45) is 3.93. The number of fused-ring (bicyclic) bond motifs is 1. The van der Waals surface area contributed by atoms with Crippen molar-refractivity contribution in [3.63, 3.8) is 0 Å². The van der Waals surface area contributed by atoms with E-state index in [0.717, 1.165) is 27.8 Å². The van der Waals surface area contributed by atoms with Crippen molar-refractivity contribution in [3.8, 4) is 5.75 Å². The smallest absolute Gasteiger partial charge is 0.144 e. The summed E-state index contributed by atoms with van der Waals surface area (Å²) >= 11 is 5.64. The highest BCUT2D eigenvalue weighted by Crippen LogP contribution is 2.30. The van der Waals surface area contributed by atoms with E-state index in [2.05, 4.69) is 15.7 Å². The molecule has 0 saturated heterocycles. The number of halogens is 1. The minimum absolute atomic E-state index is 0.396. The SMILES string of the molecule is COc1cccc(C=Cc2n[nH]c3ccccc23)c1NOCCCl. The van der Waals surface area contributed by atoms with Gasteiger partial charge in [-0.15, -0.1) is 11.6 Å². The lowest BCUT2D eigenvalue weighted by molar-refractivity contribution is 0.211. The van der Waals surface area contributed by atoms with Crippen LogP contribution in [-0.2, 0) is 4.84 Å². The van der Waals surface area contributed by atoms with Crippen molar-refractivity contribution >= 4 is 40.3 Å². The van der Waals surface area contributed by atoms with Crippen molar-refractivity contribution in [1.82, 2.24) is 10.2 Å². The highest BCUT2D eigenvalue weighted by Gasteiger charge is 2.08. The van der Waals surface area contributed by atoms with Crippen LogP contribution in [0.3, 0.4) is 0 Å². The summed E-state index contributed by atoms with van der Waals surface area (Å²) in [7, 11) is 1.62. The third-order valence-electron chi connectivity index (χ3n) is 3.55. The van der Waals surface area contributed by atoms with Crippen LogP contribution in [0.25, 0.3) is 23.1 Å². The Morgan fingerprint density at radius 2 is 2.04 bits per heavy atom. The van der Waals surface area contributed by atoms with Gasteiger partial charge in [-0.3, -0.25) is 15.4 Å². The zero-order chi connectivity index (χ0) is 16.8. The van der Waals surface area contributed by atoms with Gasteiger partial charge in [0.1, 0.15) is 11.4 Å². The maximum absolute atomic E-state index is 5.64. The molecular formula is C18H18ClN3O2. The van der Waals surface area contributed by atoms with Crippen molar-refractivity contribution in [2.45, 2.75) is 0 Å². The first kappa shape index (κ1) is 16.4. The molecule has 2 aromatic carbocycles. The molecule has 0 aliphatic rings.